The molecule has 1 aromatic heterocycles. The quantitative estimate of drug-likeness (QED) is 0.897. The van der Waals surface area contributed by atoms with Crippen LogP contribution in [0.3, 0.4) is 0 Å². The smallest absolute Gasteiger partial charge is 0.148 e. The number of nitrogens with two attached hydrogens (primary N) is 1. The maximum Gasteiger partial charge on any atom is 0.148 e. The van der Waals surface area contributed by atoms with Gasteiger partial charge in [0.1, 0.15) is 11.9 Å². The van der Waals surface area contributed by atoms with E-state index in [4.69, 9.17) is 10.5 Å². The van der Waals surface area contributed by atoms with Gasteiger partial charge in [0.05, 0.1) is 0 Å². The van der Waals surface area contributed by atoms with E-state index in [1.165, 1.54) is 10.4 Å². The fourth-order valence-electron chi connectivity index (χ4n) is 1.71. The van der Waals surface area contributed by atoms with E-state index in [0.29, 0.717) is 0 Å². The van der Waals surface area contributed by atoms with Gasteiger partial charge < -0.3 is 10.5 Å². The summed E-state index contributed by atoms with van der Waals surface area (Å²) in [7, 11) is 0. The molecule has 0 aliphatic carbocycles. The molecule has 0 fully saturated rings. The van der Waals surface area contributed by atoms with E-state index in [0.717, 1.165) is 5.75 Å². The monoisotopic (exact) mass is 247 g/mol. The van der Waals surface area contributed by atoms with Crippen LogP contribution in [0, 0.1) is 6.92 Å². The summed E-state index contributed by atoms with van der Waals surface area (Å²) in [5, 5.41) is 2.05. The minimum atomic E-state index is -0.0724. The molecule has 0 bridgehead atoms. The topological polar surface area (TPSA) is 35.2 Å². The third-order valence-corrected chi connectivity index (χ3v) is 3.49. The van der Waals surface area contributed by atoms with E-state index >= 15 is 0 Å². The number of aryl methyl sites for hydroxylation is 1. The van der Waals surface area contributed by atoms with Crippen molar-refractivity contribution in [3.63, 3.8) is 0 Å². The molecule has 0 spiro atoms. The van der Waals surface area contributed by atoms with Crippen LogP contribution in [-0.4, -0.2) is 6.04 Å². The molecule has 2 nitrogen and oxygen atoms in total. The van der Waals surface area contributed by atoms with Crippen molar-refractivity contribution < 1.29 is 4.74 Å². The van der Waals surface area contributed by atoms with Gasteiger partial charge in [-0.05, 0) is 43.0 Å². The lowest BCUT2D eigenvalue weighted by atomic mass is 10.1. The van der Waals surface area contributed by atoms with Crippen LogP contribution in [0.2, 0.25) is 0 Å². The normalized spacial score (nSPS) is 14.3. The van der Waals surface area contributed by atoms with E-state index < -0.39 is 0 Å². The molecule has 0 saturated carbocycles. The van der Waals surface area contributed by atoms with Crippen LogP contribution in [0.25, 0.3) is 0 Å². The Bertz CT molecular complexity index is 465. The van der Waals surface area contributed by atoms with Crippen LogP contribution >= 0.6 is 11.3 Å². The lowest BCUT2D eigenvalue weighted by molar-refractivity contribution is 0.184. The van der Waals surface area contributed by atoms with Gasteiger partial charge in [0.15, 0.2) is 0 Å². The van der Waals surface area contributed by atoms with Gasteiger partial charge in [-0.1, -0.05) is 18.2 Å². The van der Waals surface area contributed by atoms with Crippen LogP contribution < -0.4 is 10.5 Å². The molecule has 1 heterocycles. The third kappa shape index (κ3) is 3.08. The average Bonchev–Trinajstić information content (AvgIpc) is 2.78. The Labute approximate surface area is 106 Å². The van der Waals surface area contributed by atoms with Gasteiger partial charge in [-0.2, -0.15) is 0 Å². The first-order valence-electron chi connectivity index (χ1n) is 5.69. The van der Waals surface area contributed by atoms with Crippen LogP contribution in [0.15, 0.2) is 41.8 Å². The maximum atomic E-state index is 6.00. The third-order valence-electron chi connectivity index (χ3n) is 2.55. The van der Waals surface area contributed by atoms with Crippen LogP contribution in [0.4, 0.5) is 0 Å². The lowest BCUT2D eigenvalue weighted by Gasteiger charge is -2.21. The predicted octanol–water partition coefficient (Wildman–Crippen LogP) is 3.52. The summed E-state index contributed by atoms with van der Waals surface area (Å²) in [6, 6.07) is 12.1. The van der Waals surface area contributed by atoms with Crippen LogP contribution in [0.1, 0.15) is 23.5 Å². The van der Waals surface area contributed by atoms with Gasteiger partial charge in [-0.3, -0.25) is 0 Å². The Morgan fingerprint density at radius 3 is 2.65 bits per heavy atom. The Morgan fingerprint density at radius 1 is 1.24 bits per heavy atom. The van der Waals surface area contributed by atoms with Gasteiger partial charge in [0.2, 0.25) is 0 Å². The summed E-state index contributed by atoms with van der Waals surface area (Å²) in [5.74, 6) is 0.876. The van der Waals surface area contributed by atoms with E-state index in [9.17, 15) is 0 Å². The van der Waals surface area contributed by atoms with Crippen molar-refractivity contribution in [2.24, 2.45) is 5.73 Å². The number of thiophene rings is 1. The number of hydrogen-bond acceptors (Lipinski definition) is 3. The van der Waals surface area contributed by atoms with Crippen molar-refractivity contribution in [3.05, 3.63) is 52.2 Å². The second-order valence-corrected chi connectivity index (χ2v) is 5.21. The van der Waals surface area contributed by atoms with Crippen LogP contribution in [0.5, 0.6) is 5.75 Å². The summed E-state index contributed by atoms with van der Waals surface area (Å²) in [6.45, 7) is 4.03. The molecule has 17 heavy (non-hydrogen) atoms. The fourth-order valence-corrected chi connectivity index (χ4v) is 2.58. The highest BCUT2D eigenvalue weighted by molar-refractivity contribution is 7.10. The van der Waals surface area contributed by atoms with E-state index in [1.54, 1.807) is 11.3 Å². The predicted molar refractivity (Wildman–Crippen MR) is 72.5 cm³/mol. The van der Waals surface area contributed by atoms with Gasteiger partial charge in [-0.15, -0.1) is 11.3 Å². The molecule has 2 N–H and O–H groups in total. The van der Waals surface area contributed by atoms with Crippen molar-refractivity contribution in [2.45, 2.75) is 26.0 Å². The van der Waals surface area contributed by atoms with E-state index in [2.05, 4.69) is 19.1 Å². The van der Waals surface area contributed by atoms with Gasteiger partial charge in [0.25, 0.3) is 0 Å². The molecular formula is C14H17NOS. The molecule has 2 unspecified atom stereocenters. The molecule has 0 saturated heterocycles. The minimum absolute atomic E-state index is 0.0332. The first-order chi connectivity index (χ1) is 8.16. The number of hydrogen-bond donors (Lipinski definition) is 1. The van der Waals surface area contributed by atoms with Crippen molar-refractivity contribution in [1.82, 2.24) is 0 Å². The zero-order valence-electron chi connectivity index (χ0n) is 10.1. The Morgan fingerprint density at radius 2 is 2.06 bits per heavy atom. The van der Waals surface area contributed by atoms with E-state index in [-0.39, 0.29) is 12.1 Å². The molecule has 0 aliphatic rings. The Kier molecular flexibility index (Phi) is 3.82. The standard InChI is InChI=1S/C14H17NOS/c1-10-5-3-6-12(9-10)16-14(11(2)15)13-7-4-8-17-13/h3-9,11,14H,15H2,1-2H3. The highest BCUT2D eigenvalue weighted by atomic mass is 32.1. The van der Waals surface area contributed by atoms with Gasteiger partial charge in [0, 0.05) is 10.9 Å². The largest absolute Gasteiger partial charge is 0.483 e. The molecular weight excluding hydrogens is 230 g/mol. The Balaban J connectivity index is 2.19. The summed E-state index contributed by atoms with van der Waals surface area (Å²) >= 11 is 1.68. The summed E-state index contributed by atoms with van der Waals surface area (Å²) in [6.07, 6.45) is -0.0724. The first kappa shape index (κ1) is 12.1. The number of ether oxygens (including phenoxy) is 1. The minimum Gasteiger partial charge on any atom is -0.483 e. The van der Waals surface area contributed by atoms with Crippen molar-refractivity contribution in [2.75, 3.05) is 0 Å². The molecule has 0 aliphatic heterocycles. The molecule has 90 valence electrons. The summed E-state index contributed by atoms with van der Waals surface area (Å²) < 4.78 is 5.99. The van der Waals surface area contributed by atoms with Gasteiger partial charge >= 0.3 is 0 Å². The number of rotatable bonds is 4. The second kappa shape index (κ2) is 5.34. The SMILES string of the molecule is Cc1cccc(OC(c2cccs2)C(C)N)c1. The van der Waals surface area contributed by atoms with Crippen LogP contribution in [-0.2, 0) is 0 Å². The fraction of sp³-hybridized carbons (Fsp3) is 0.286. The first-order valence-corrected chi connectivity index (χ1v) is 6.57. The zero-order valence-corrected chi connectivity index (χ0v) is 10.9. The van der Waals surface area contributed by atoms with Crippen molar-refractivity contribution in [3.8, 4) is 5.75 Å². The summed E-state index contributed by atoms with van der Waals surface area (Å²) in [5.41, 5.74) is 7.19. The molecule has 1 aromatic carbocycles. The lowest BCUT2D eigenvalue weighted by Crippen LogP contribution is -2.28. The average molecular weight is 247 g/mol. The highest BCUT2D eigenvalue weighted by Gasteiger charge is 2.19. The molecule has 2 aromatic rings. The Hall–Kier alpha value is -1.32. The van der Waals surface area contributed by atoms with Crippen molar-refractivity contribution >= 4 is 11.3 Å². The molecule has 0 amide bonds. The van der Waals surface area contributed by atoms with E-state index in [1.807, 2.05) is 36.6 Å². The highest BCUT2D eigenvalue weighted by Crippen LogP contribution is 2.27. The van der Waals surface area contributed by atoms with Gasteiger partial charge in [-0.25, -0.2) is 0 Å². The maximum absolute atomic E-state index is 6.00. The van der Waals surface area contributed by atoms with Crippen molar-refractivity contribution in [1.29, 1.82) is 0 Å². The zero-order chi connectivity index (χ0) is 12.3. The second-order valence-electron chi connectivity index (χ2n) is 4.23. The molecule has 0 radical (unpaired) electrons. The molecule has 2 rings (SSSR count). The molecule has 2 atom stereocenters. The number of benzene rings is 1. The summed E-state index contributed by atoms with van der Waals surface area (Å²) in [4.78, 5) is 1.17. The molecule has 3 heteroatoms.